The third kappa shape index (κ3) is 12.7. The van der Waals surface area contributed by atoms with E-state index in [1.54, 1.807) is 20.0 Å². The van der Waals surface area contributed by atoms with Crippen molar-refractivity contribution in [2.24, 2.45) is 17.6 Å². The zero-order chi connectivity index (χ0) is 38.4. The fraction of sp³-hybridized carbons (Fsp3) is 0.583. The van der Waals surface area contributed by atoms with Gasteiger partial charge in [-0.1, -0.05) is 58.7 Å². The number of carbonyl (C=O) groups excluding carboxylic acids is 6. The number of aliphatic carboxylic acids is 1. The second-order valence-corrected chi connectivity index (χ2v) is 14.0. The molecule has 3 rings (SSSR count). The Kier molecular flexibility index (Phi) is 16.1. The van der Waals surface area contributed by atoms with Gasteiger partial charge in [0, 0.05) is 29.9 Å². The zero-order valence-corrected chi connectivity index (χ0v) is 30.4. The van der Waals surface area contributed by atoms with Crippen LogP contribution in [0.3, 0.4) is 0 Å². The van der Waals surface area contributed by atoms with Crippen LogP contribution in [0, 0.1) is 11.8 Å². The Hall–Kier alpha value is -4.99. The molecular formula is C36H54N8O8. The fourth-order valence-corrected chi connectivity index (χ4v) is 5.99. The molecule has 16 nitrogen and oxygen atoms in total. The van der Waals surface area contributed by atoms with Crippen molar-refractivity contribution >= 4 is 52.3 Å². The topological polar surface area (TPSA) is 254 Å². The minimum atomic E-state index is -1.41. The standard InChI is InChI=1S/C36H54N8O8/c1-20(2)9-7-12-25-35(51)44-31(21(3)4)36(52)42-26(13-8-16-37)33(49)41-27(14-15-30(46)47)34(50)43-28(32(48)39-19-29(45)40-25)17-22-18-38-24-11-6-5-10-23(22)24/h5-6,10-11,18,20-21,25-28,31,38H,7-9,12-17,19,37H2,1-4H3,(H,39,48)(H,40,45)(H,41,49)(H,42,52)(H,43,50)(H,44,51)(H,46,47)/t25-,26+,27-,28+,31+/m0/s1. The number of para-hydroxylation sites is 1. The molecule has 0 spiro atoms. The number of nitrogens with two attached hydrogens (primary N) is 1. The summed E-state index contributed by atoms with van der Waals surface area (Å²) in [5.41, 5.74) is 7.19. The van der Waals surface area contributed by atoms with Crippen molar-refractivity contribution < 1.29 is 38.7 Å². The maximum Gasteiger partial charge on any atom is 0.303 e. The van der Waals surface area contributed by atoms with E-state index in [1.807, 2.05) is 38.1 Å². The molecule has 0 saturated carbocycles. The summed E-state index contributed by atoms with van der Waals surface area (Å²) in [5, 5.41) is 26.1. The highest BCUT2D eigenvalue weighted by molar-refractivity contribution is 5.98. The molecule has 286 valence electrons. The number of benzene rings is 1. The smallest absolute Gasteiger partial charge is 0.303 e. The Bertz CT molecular complexity index is 1570. The van der Waals surface area contributed by atoms with E-state index in [1.165, 1.54) is 0 Å². The summed E-state index contributed by atoms with van der Waals surface area (Å²) in [7, 11) is 0. The molecule has 1 aliphatic rings. The highest BCUT2D eigenvalue weighted by atomic mass is 16.4. The highest BCUT2D eigenvalue weighted by Crippen LogP contribution is 2.19. The van der Waals surface area contributed by atoms with Crippen molar-refractivity contribution in [3.05, 3.63) is 36.0 Å². The number of carbonyl (C=O) groups is 7. The molecule has 10 N–H and O–H groups in total. The van der Waals surface area contributed by atoms with Gasteiger partial charge in [0.25, 0.3) is 0 Å². The normalized spacial score (nSPS) is 22.9. The number of nitrogens with one attached hydrogen (secondary N) is 7. The predicted octanol–water partition coefficient (Wildman–Crippen LogP) is 0.350. The molecule has 2 heterocycles. The molecule has 0 unspecified atom stereocenters. The van der Waals surface area contributed by atoms with Crippen LogP contribution < -0.4 is 37.6 Å². The Morgan fingerprint density at radius 2 is 1.37 bits per heavy atom. The zero-order valence-electron chi connectivity index (χ0n) is 30.4. The number of carboxylic acid groups (broad SMARTS) is 1. The van der Waals surface area contributed by atoms with Crippen molar-refractivity contribution in [1.29, 1.82) is 0 Å². The van der Waals surface area contributed by atoms with Gasteiger partial charge in [0.1, 0.15) is 30.2 Å². The van der Waals surface area contributed by atoms with Gasteiger partial charge in [-0.25, -0.2) is 0 Å². The SMILES string of the molecule is CC(C)CCC[C@@H]1NC(=O)CNC(=O)[C@@H](Cc2c[nH]c3ccccc23)NC(=O)[C@H](CCC(=O)O)NC(=O)[C@@H](CCCN)NC(=O)[C@@H](C(C)C)NC1=O. The lowest BCUT2D eigenvalue weighted by molar-refractivity contribution is -0.138. The van der Waals surface area contributed by atoms with Crippen LogP contribution >= 0.6 is 0 Å². The highest BCUT2D eigenvalue weighted by Gasteiger charge is 2.34. The van der Waals surface area contributed by atoms with Crippen molar-refractivity contribution in [2.75, 3.05) is 13.1 Å². The van der Waals surface area contributed by atoms with E-state index in [0.717, 1.165) is 17.3 Å². The lowest BCUT2D eigenvalue weighted by Gasteiger charge is -2.29. The quantitative estimate of drug-likeness (QED) is 0.138. The van der Waals surface area contributed by atoms with Crippen molar-refractivity contribution in [3.8, 4) is 0 Å². The predicted molar refractivity (Wildman–Crippen MR) is 193 cm³/mol. The number of hydrogen-bond acceptors (Lipinski definition) is 8. The summed E-state index contributed by atoms with van der Waals surface area (Å²) in [5.74, 6) is -5.53. The second kappa shape index (κ2) is 20.2. The molecule has 5 atom stereocenters. The lowest BCUT2D eigenvalue weighted by Crippen LogP contribution is -2.61. The van der Waals surface area contributed by atoms with Crippen LogP contribution in [0.4, 0.5) is 0 Å². The molecule has 52 heavy (non-hydrogen) atoms. The summed E-state index contributed by atoms with van der Waals surface area (Å²) in [6, 6.07) is 1.37. The Morgan fingerprint density at radius 3 is 2.02 bits per heavy atom. The third-order valence-corrected chi connectivity index (χ3v) is 8.94. The van der Waals surface area contributed by atoms with Crippen LogP contribution in [0.1, 0.15) is 78.2 Å². The van der Waals surface area contributed by atoms with Gasteiger partial charge in [-0.2, -0.15) is 0 Å². The van der Waals surface area contributed by atoms with Crippen molar-refractivity contribution in [1.82, 2.24) is 36.9 Å². The number of aromatic amines is 1. The molecule has 1 aliphatic heterocycles. The molecule has 0 bridgehead atoms. The average molecular weight is 727 g/mol. The van der Waals surface area contributed by atoms with E-state index in [2.05, 4.69) is 36.9 Å². The molecule has 1 saturated heterocycles. The Labute approximate surface area is 303 Å². The number of hydrogen-bond donors (Lipinski definition) is 9. The molecule has 1 aromatic carbocycles. The molecule has 0 radical (unpaired) electrons. The van der Waals surface area contributed by atoms with Crippen molar-refractivity contribution in [2.45, 2.75) is 109 Å². The average Bonchev–Trinajstić information content (AvgIpc) is 3.50. The number of rotatable bonds is 13. The summed E-state index contributed by atoms with van der Waals surface area (Å²) < 4.78 is 0. The van der Waals surface area contributed by atoms with Crippen LogP contribution in [-0.2, 0) is 40.0 Å². The molecule has 1 aromatic heterocycles. The largest absolute Gasteiger partial charge is 0.481 e. The van der Waals surface area contributed by atoms with E-state index in [0.29, 0.717) is 24.3 Å². The van der Waals surface area contributed by atoms with Crippen LogP contribution in [-0.4, -0.2) is 94.8 Å². The summed E-state index contributed by atoms with van der Waals surface area (Å²) in [6.07, 6.45) is 2.92. The van der Waals surface area contributed by atoms with Gasteiger partial charge < -0.3 is 47.7 Å². The van der Waals surface area contributed by atoms with Gasteiger partial charge >= 0.3 is 5.97 Å². The lowest BCUT2D eigenvalue weighted by atomic mass is 9.99. The number of fused-ring (bicyclic) bond motifs is 1. The summed E-state index contributed by atoms with van der Waals surface area (Å²) in [6.45, 7) is 7.17. The summed E-state index contributed by atoms with van der Waals surface area (Å²) >= 11 is 0. The number of H-pyrrole nitrogens is 1. The number of carboxylic acids is 1. The molecular weight excluding hydrogens is 672 g/mol. The number of aromatic nitrogens is 1. The van der Waals surface area contributed by atoms with Gasteiger partial charge in [0.15, 0.2) is 0 Å². The first-order valence-corrected chi connectivity index (χ1v) is 18.0. The molecule has 0 aliphatic carbocycles. The first-order valence-electron chi connectivity index (χ1n) is 18.0. The van der Waals surface area contributed by atoms with Gasteiger partial charge in [0.2, 0.25) is 35.4 Å². The van der Waals surface area contributed by atoms with E-state index in [4.69, 9.17) is 5.73 Å². The molecule has 1 fully saturated rings. The van der Waals surface area contributed by atoms with Gasteiger partial charge in [0.05, 0.1) is 6.54 Å². The minimum Gasteiger partial charge on any atom is -0.481 e. The van der Waals surface area contributed by atoms with Crippen LogP contribution in [0.2, 0.25) is 0 Å². The Balaban J connectivity index is 2.02. The first kappa shape index (κ1) is 41.4. The van der Waals surface area contributed by atoms with E-state index in [-0.39, 0.29) is 32.2 Å². The maximum absolute atomic E-state index is 13.8. The van der Waals surface area contributed by atoms with Gasteiger partial charge in [-0.15, -0.1) is 0 Å². The van der Waals surface area contributed by atoms with E-state index in [9.17, 15) is 38.7 Å². The molecule has 6 amide bonds. The molecule has 2 aromatic rings. The van der Waals surface area contributed by atoms with E-state index < -0.39 is 90.5 Å². The van der Waals surface area contributed by atoms with Crippen LogP contribution in [0.15, 0.2) is 30.5 Å². The minimum absolute atomic E-state index is 0.0190. The number of amides is 6. The third-order valence-electron chi connectivity index (χ3n) is 8.94. The van der Waals surface area contributed by atoms with Crippen LogP contribution in [0.5, 0.6) is 0 Å². The van der Waals surface area contributed by atoms with E-state index >= 15 is 0 Å². The monoisotopic (exact) mass is 726 g/mol. The Morgan fingerprint density at radius 1 is 0.769 bits per heavy atom. The van der Waals surface area contributed by atoms with Crippen molar-refractivity contribution in [3.63, 3.8) is 0 Å². The first-order chi connectivity index (χ1) is 24.7. The second-order valence-electron chi connectivity index (χ2n) is 14.0. The molecule has 16 heteroatoms. The maximum atomic E-state index is 13.8. The van der Waals surface area contributed by atoms with Gasteiger partial charge in [-0.3, -0.25) is 33.6 Å². The van der Waals surface area contributed by atoms with Gasteiger partial charge in [-0.05, 0) is 55.7 Å². The summed E-state index contributed by atoms with van der Waals surface area (Å²) in [4.78, 5) is 96.3. The van der Waals surface area contributed by atoms with Crippen LogP contribution in [0.25, 0.3) is 10.9 Å². The fourth-order valence-electron chi connectivity index (χ4n) is 5.99.